The summed E-state index contributed by atoms with van der Waals surface area (Å²) in [4.78, 5) is 4.07. The van der Waals surface area contributed by atoms with Crippen molar-refractivity contribution in [3.63, 3.8) is 0 Å². The van der Waals surface area contributed by atoms with Gasteiger partial charge in [-0.05, 0) is 6.92 Å². The average molecular weight is 139 g/mol. The highest BCUT2D eigenvalue weighted by Gasteiger charge is 2.02. The molecule has 3 nitrogen and oxygen atoms in total. The van der Waals surface area contributed by atoms with Gasteiger partial charge in [-0.1, -0.05) is 18.0 Å². The number of aromatic nitrogens is 2. The van der Waals surface area contributed by atoms with E-state index in [1.54, 1.807) is 0 Å². The lowest BCUT2D eigenvalue weighted by Gasteiger charge is -2.09. The minimum atomic E-state index is 0.265. The van der Waals surface area contributed by atoms with Crippen molar-refractivity contribution < 1.29 is 4.52 Å². The van der Waals surface area contributed by atoms with Crippen LogP contribution in [0.4, 0.5) is 0 Å². The number of rotatable bonds is 2. The Morgan fingerprint density at radius 2 is 2.30 bits per heavy atom. The molecule has 0 radical (unpaired) electrons. The predicted molar refractivity (Wildman–Crippen MR) is 37.4 cm³/mol. The first kappa shape index (κ1) is 7.25. The Kier molecular flexibility index (Phi) is 2.04. The summed E-state index contributed by atoms with van der Waals surface area (Å²) >= 11 is 0. The molecule has 0 saturated heterocycles. The van der Waals surface area contributed by atoms with Crippen LogP contribution in [0.5, 0.6) is 0 Å². The maximum atomic E-state index is 4.92. The molecule has 0 spiro atoms. The second-order valence-electron chi connectivity index (χ2n) is 2.30. The Morgan fingerprint density at radius 3 is 2.70 bits per heavy atom. The van der Waals surface area contributed by atoms with Gasteiger partial charge in [-0.2, -0.15) is 11.9 Å². The molecular formula is C7H11N2O-. The normalized spacial score (nSPS) is 13.5. The standard InChI is InChI=1S/C7H11N2O/c1-4-5(2)7-8-6(3)9-10-7/h4-5H,1-3H3/q-1. The fourth-order valence-corrected chi connectivity index (χ4v) is 0.641. The van der Waals surface area contributed by atoms with E-state index in [4.69, 9.17) is 4.52 Å². The second-order valence-corrected chi connectivity index (χ2v) is 2.30. The molecule has 1 atom stereocenters. The van der Waals surface area contributed by atoms with E-state index in [2.05, 4.69) is 10.1 Å². The van der Waals surface area contributed by atoms with E-state index in [9.17, 15) is 0 Å². The minimum Gasteiger partial charge on any atom is -0.342 e. The van der Waals surface area contributed by atoms with Crippen LogP contribution in [0.3, 0.4) is 0 Å². The van der Waals surface area contributed by atoms with Gasteiger partial charge in [0.05, 0.1) is 0 Å². The first-order valence-electron chi connectivity index (χ1n) is 3.33. The molecule has 0 fully saturated rings. The molecule has 1 aromatic rings. The van der Waals surface area contributed by atoms with Crippen molar-refractivity contribution in [1.82, 2.24) is 10.1 Å². The summed E-state index contributed by atoms with van der Waals surface area (Å²) in [6, 6.07) is 0. The lowest BCUT2D eigenvalue weighted by Crippen LogP contribution is -1.91. The minimum absolute atomic E-state index is 0.265. The zero-order valence-electron chi connectivity index (χ0n) is 6.46. The molecule has 1 rings (SSSR count). The summed E-state index contributed by atoms with van der Waals surface area (Å²) in [5.74, 6) is 1.66. The van der Waals surface area contributed by atoms with Crippen LogP contribution in [-0.2, 0) is 0 Å². The van der Waals surface area contributed by atoms with Crippen LogP contribution in [0.15, 0.2) is 4.52 Å². The van der Waals surface area contributed by atoms with Crippen LogP contribution in [0, 0.1) is 13.3 Å². The van der Waals surface area contributed by atoms with E-state index in [0.717, 1.165) is 0 Å². The number of aryl methyl sites for hydroxylation is 1. The summed E-state index contributed by atoms with van der Waals surface area (Å²) in [6.45, 7) is 5.81. The molecule has 0 aliphatic rings. The molecule has 0 aliphatic carbocycles. The highest BCUT2D eigenvalue weighted by molar-refractivity contribution is 4.95. The van der Waals surface area contributed by atoms with Gasteiger partial charge < -0.3 is 10.9 Å². The zero-order chi connectivity index (χ0) is 7.56. The van der Waals surface area contributed by atoms with Crippen molar-refractivity contribution in [3.05, 3.63) is 18.1 Å². The van der Waals surface area contributed by atoms with E-state index >= 15 is 0 Å². The van der Waals surface area contributed by atoms with Gasteiger partial charge in [0.2, 0.25) is 0 Å². The SMILES string of the molecule is C[CH-]C(C)c1nc(C)no1. The third-order valence-electron chi connectivity index (χ3n) is 1.43. The summed E-state index contributed by atoms with van der Waals surface area (Å²) in [5, 5.41) is 3.68. The van der Waals surface area contributed by atoms with Gasteiger partial charge in [-0.15, -0.1) is 0 Å². The molecule has 1 unspecified atom stereocenters. The van der Waals surface area contributed by atoms with Crippen molar-refractivity contribution in [1.29, 1.82) is 0 Å². The van der Waals surface area contributed by atoms with E-state index in [-0.39, 0.29) is 5.92 Å². The van der Waals surface area contributed by atoms with Gasteiger partial charge in [-0.3, -0.25) is 0 Å². The van der Waals surface area contributed by atoms with Crippen molar-refractivity contribution >= 4 is 0 Å². The zero-order valence-corrected chi connectivity index (χ0v) is 6.46. The largest absolute Gasteiger partial charge is 0.342 e. The van der Waals surface area contributed by atoms with Gasteiger partial charge >= 0.3 is 0 Å². The maximum absolute atomic E-state index is 4.92. The van der Waals surface area contributed by atoms with Crippen LogP contribution in [-0.4, -0.2) is 10.1 Å². The molecule has 0 aromatic carbocycles. The number of hydrogen-bond acceptors (Lipinski definition) is 3. The molecule has 3 heteroatoms. The summed E-state index contributed by atoms with van der Waals surface area (Å²) in [6.07, 6.45) is 2.02. The lowest BCUT2D eigenvalue weighted by molar-refractivity contribution is 0.365. The molecule has 1 heterocycles. The molecule has 0 amide bonds. The van der Waals surface area contributed by atoms with Crippen LogP contribution in [0.1, 0.15) is 31.5 Å². The molecule has 56 valence electrons. The van der Waals surface area contributed by atoms with Crippen molar-refractivity contribution in [2.45, 2.75) is 26.7 Å². The highest BCUT2D eigenvalue weighted by Crippen LogP contribution is 2.14. The van der Waals surface area contributed by atoms with Crippen molar-refractivity contribution in [2.24, 2.45) is 0 Å². The molecule has 10 heavy (non-hydrogen) atoms. The Hall–Kier alpha value is -0.860. The number of hydrogen-bond donors (Lipinski definition) is 0. The first-order chi connectivity index (χ1) is 4.74. The second kappa shape index (κ2) is 2.82. The van der Waals surface area contributed by atoms with Crippen LogP contribution < -0.4 is 0 Å². The molecule has 0 bridgehead atoms. The topological polar surface area (TPSA) is 38.9 Å². The molecule has 1 aromatic heterocycles. The molecule has 0 aliphatic heterocycles. The van der Waals surface area contributed by atoms with Gasteiger partial charge in [0, 0.05) is 0 Å². The third kappa shape index (κ3) is 1.35. The van der Waals surface area contributed by atoms with Crippen molar-refractivity contribution in [3.8, 4) is 0 Å². The third-order valence-corrected chi connectivity index (χ3v) is 1.43. The van der Waals surface area contributed by atoms with E-state index in [0.29, 0.717) is 11.7 Å². The Morgan fingerprint density at radius 1 is 1.60 bits per heavy atom. The molecule has 0 saturated carbocycles. The molecule has 0 N–H and O–H groups in total. The van der Waals surface area contributed by atoms with Crippen molar-refractivity contribution in [2.75, 3.05) is 0 Å². The fourth-order valence-electron chi connectivity index (χ4n) is 0.641. The smallest absolute Gasteiger partial charge is 0.199 e. The van der Waals surface area contributed by atoms with Gasteiger partial charge in [-0.25, -0.2) is 0 Å². The average Bonchev–Trinajstić information content (AvgIpc) is 2.34. The van der Waals surface area contributed by atoms with Gasteiger partial charge in [0.15, 0.2) is 11.7 Å². The van der Waals surface area contributed by atoms with Crippen LogP contribution in [0.25, 0.3) is 0 Å². The lowest BCUT2D eigenvalue weighted by atomic mass is 10.1. The van der Waals surface area contributed by atoms with Crippen LogP contribution in [0.2, 0.25) is 0 Å². The summed E-state index contributed by atoms with van der Waals surface area (Å²) in [5.41, 5.74) is 0. The Labute approximate surface area is 60.4 Å². The molecular weight excluding hydrogens is 128 g/mol. The fraction of sp³-hybridized carbons (Fsp3) is 0.571. The van der Waals surface area contributed by atoms with E-state index in [1.165, 1.54) is 0 Å². The van der Waals surface area contributed by atoms with Crippen LogP contribution >= 0.6 is 0 Å². The Bertz CT molecular complexity index is 207. The van der Waals surface area contributed by atoms with Gasteiger partial charge in [0.25, 0.3) is 0 Å². The van der Waals surface area contributed by atoms with E-state index < -0.39 is 0 Å². The number of nitrogens with zero attached hydrogens (tertiary/aromatic N) is 2. The predicted octanol–water partition coefficient (Wildman–Crippen LogP) is 1.71. The monoisotopic (exact) mass is 139 g/mol. The van der Waals surface area contributed by atoms with Gasteiger partial charge in [0.1, 0.15) is 0 Å². The Balaban J connectivity index is 2.74. The summed E-state index contributed by atoms with van der Waals surface area (Å²) < 4.78 is 4.92. The highest BCUT2D eigenvalue weighted by atomic mass is 16.5. The summed E-state index contributed by atoms with van der Waals surface area (Å²) in [7, 11) is 0. The quantitative estimate of drug-likeness (QED) is 0.585. The van der Waals surface area contributed by atoms with E-state index in [1.807, 2.05) is 27.2 Å². The maximum Gasteiger partial charge on any atom is 0.199 e. The first-order valence-corrected chi connectivity index (χ1v) is 3.33.